The predicted octanol–water partition coefficient (Wildman–Crippen LogP) is 4.11. The Morgan fingerprint density at radius 2 is 2.07 bits per heavy atom. The Bertz CT molecular complexity index is 991. The number of esters is 1. The Morgan fingerprint density at radius 1 is 1.30 bits per heavy atom. The highest BCUT2D eigenvalue weighted by Crippen LogP contribution is 2.46. The van der Waals surface area contributed by atoms with Crippen LogP contribution in [0.1, 0.15) is 55.3 Å². The average Bonchev–Trinajstić information content (AvgIpc) is 3.46. The Balaban J connectivity index is 1.79. The van der Waals surface area contributed by atoms with Crippen molar-refractivity contribution >= 4 is 28.8 Å². The van der Waals surface area contributed by atoms with Gasteiger partial charge in [0, 0.05) is 11.7 Å². The summed E-state index contributed by atoms with van der Waals surface area (Å²) in [7, 11) is 1.40. The summed E-state index contributed by atoms with van der Waals surface area (Å²) in [6.07, 6.45) is 2.99. The Hall–Kier alpha value is -2.54. The molecule has 1 N–H and O–H groups in total. The lowest BCUT2D eigenvalue weighted by atomic mass is 9.89. The van der Waals surface area contributed by atoms with Crippen molar-refractivity contribution in [1.82, 2.24) is 10.2 Å². The van der Waals surface area contributed by atoms with E-state index in [0.717, 1.165) is 46.1 Å². The fourth-order valence-corrected chi connectivity index (χ4v) is 4.87. The van der Waals surface area contributed by atoms with Gasteiger partial charge in [0.05, 0.1) is 30.8 Å². The molecule has 3 aliphatic rings. The van der Waals surface area contributed by atoms with Gasteiger partial charge in [-0.1, -0.05) is 42.4 Å². The second-order valence-electron chi connectivity index (χ2n) is 7.98. The zero-order valence-corrected chi connectivity index (χ0v) is 18.6. The fourth-order valence-electron chi connectivity index (χ4n) is 3.93. The van der Waals surface area contributed by atoms with Gasteiger partial charge in [-0.25, -0.2) is 9.79 Å². The quantitative estimate of drug-likeness (QED) is 0.695. The average molecular weight is 426 g/mol. The smallest absolute Gasteiger partial charge is 0.338 e. The first-order valence-corrected chi connectivity index (χ1v) is 11.2. The number of aryl methyl sites for hydroxylation is 2. The van der Waals surface area contributed by atoms with Crippen LogP contribution in [0.25, 0.3) is 0 Å². The van der Waals surface area contributed by atoms with E-state index >= 15 is 0 Å². The molecule has 1 atom stereocenters. The van der Waals surface area contributed by atoms with Gasteiger partial charge in [-0.3, -0.25) is 4.79 Å². The van der Waals surface area contributed by atoms with Crippen LogP contribution in [0.5, 0.6) is 0 Å². The number of carbonyl (C=O) groups is 2. The number of ether oxygens (including phenoxy) is 1. The molecule has 7 heteroatoms. The summed E-state index contributed by atoms with van der Waals surface area (Å²) in [5, 5.41) is 5.85. The fraction of sp³-hybridized carbons (Fsp3) is 0.435. The van der Waals surface area contributed by atoms with Crippen LogP contribution in [0.4, 0.5) is 0 Å². The highest BCUT2D eigenvalue weighted by molar-refractivity contribution is 8.16. The van der Waals surface area contributed by atoms with Crippen molar-refractivity contribution in [3.8, 4) is 0 Å². The number of amides is 1. The second-order valence-corrected chi connectivity index (χ2v) is 8.81. The van der Waals surface area contributed by atoms with Crippen molar-refractivity contribution in [2.24, 2.45) is 4.99 Å². The standard InChI is InChI=1S/C23H27N3O3S/c1-5-18-20(22(28)29-4)21(17-10-13(2)6-7-14(17)3)26-16(12-30-23(26)25-18)11-19(27)24-15-8-9-15/h6-7,10,12,15,21H,5,8-9,11H2,1-4H3,(H,24,27)/t21-/m0/s1. The number of benzene rings is 1. The van der Waals surface area contributed by atoms with Crippen LogP contribution in [0.15, 0.2) is 45.6 Å². The van der Waals surface area contributed by atoms with Crippen LogP contribution < -0.4 is 5.32 Å². The van der Waals surface area contributed by atoms with E-state index in [1.165, 1.54) is 18.9 Å². The number of fused-ring (bicyclic) bond motifs is 1. The predicted molar refractivity (Wildman–Crippen MR) is 119 cm³/mol. The summed E-state index contributed by atoms with van der Waals surface area (Å²) in [5.74, 6) is -0.366. The first kappa shape index (κ1) is 20.7. The van der Waals surface area contributed by atoms with Gasteiger partial charge in [0.15, 0.2) is 5.17 Å². The maximum Gasteiger partial charge on any atom is 0.338 e. The zero-order valence-electron chi connectivity index (χ0n) is 17.8. The van der Waals surface area contributed by atoms with Crippen molar-refractivity contribution < 1.29 is 14.3 Å². The van der Waals surface area contributed by atoms with E-state index < -0.39 is 0 Å². The number of carbonyl (C=O) groups excluding carboxylic acids is 2. The van der Waals surface area contributed by atoms with E-state index in [1.807, 2.05) is 31.1 Å². The van der Waals surface area contributed by atoms with Gasteiger partial charge in [0.2, 0.25) is 5.91 Å². The Morgan fingerprint density at radius 3 is 2.73 bits per heavy atom. The first-order chi connectivity index (χ1) is 14.4. The van der Waals surface area contributed by atoms with E-state index in [4.69, 9.17) is 9.73 Å². The van der Waals surface area contributed by atoms with Gasteiger partial charge in [-0.05, 0) is 49.6 Å². The van der Waals surface area contributed by atoms with Gasteiger partial charge in [0.25, 0.3) is 0 Å². The van der Waals surface area contributed by atoms with Crippen LogP contribution in [0.2, 0.25) is 0 Å². The molecule has 0 aromatic heterocycles. The lowest BCUT2D eigenvalue weighted by Gasteiger charge is -2.37. The molecule has 30 heavy (non-hydrogen) atoms. The molecule has 2 aliphatic heterocycles. The number of aliphatic imine (C=N–C) groups is 1. The SMILES string of the molecule is CCC1=C(C(=O)OC)[C@H](c2cc(C)ccc2C)N2C(CC(=O)NC3CC3)=CSC2=N1. The van der Waals surface area contributed by atoms with Crippen molar-refractivity contribution in [2.45, 2.75) is 58.5 Å². The number of rotatable bonds is 6. The molecule has 1 fully saturated rings. The van der Waals surface area contributed by atoms with Crippen LogP contribution >= 0.6 is 11.8 Å². The highest BCUT2D eigenvalue weighted by atomic mass is 32.2. The second kappa shape index (κ2) is 8.30. The van der Waals surface area contributed by atoms with E-state index in [-0.39, 0.29) is 24.3 Å². The van der Waals surface area contributed by atoms with E-state index in [1.54, 1.807) is 0 Å². The van der Waals surface area contributed by atoms with Gasteiger partial charge >= 0.3 is 5.97 Å². The van der Waals surface area contributed by atoms with Gasteiger partial charge in [-0.15, -0.1) is 0 Å². The van der Waals surface area contributed by atoms with Crippen molar-refractivity contribution in [3.63, 3.8) is 0 Å². The minimum atomic E-state index is -0.376. The molecule has 6 nitrogen and oxygen atoms in total. The molecule has 1 aromatic rings. The molecule has 1 amide bonds. The maximum absolute atomic E-state index is 12.9. The number of hydrogen-bond donors (Lipinski definition) is 1. The van der Waals surface area contributed by atoms with Crippen molar-refractivity contribution in [3.05, 3.63) is 57.3 Å². The summed E-state index contributed by atoms with van der Waals surface area (Å²) in [6, 6.07) is 6.20. The van der Waals surface area contributed by atoms with Crippen LogP contribution in [0.3, 0.4) is 0 Å². The lowest BCUT2D eigenvalue weighted by Crippen LogP contribution is -2.38. The third kappa shape index (κ3) is 3.90. The van der Waals surface area contributed by atoms with Crippen LogP contribution in [-0.2, 0) is 14.3 Å². The number of methoxy groups -OCH3 is 1. The number of nitrogens with zero attached hydrogens (tertiary/aromatic N) is 2. The van der Waals surface area contributed by atoms with Gasteiger partial charge in [-0.2, -0.15) is 0 Å². The largest absolute Gasteiger partial charge is 0.466 e. The van der Waals surface area contributed by atoms with E-state index in [9.17, 15) is 9.59 Å². The number of hydrogen-bond acceptors (Lipinski definition) is 6. The van der Waals surface area contributed by atoms with Crippen molar-refractivity contribution in [1.29, 1.82) is 0 Å². The summed E-state index contributed by atoms with van der Waals surface area (Å²) in [6.45, 7) is 6.09. The summed E-state index contributed by atoms with van der Waals surface area (Å²) in [4.78, 5) is 32.3. The molecule has 0 radical (unpaired) electrons. The number of allylic oxidation sites excluding steroid dienone is 1. The molecule has 1 saturated carbocycles. The minimum absolute atomic E-state index is 0.00944. The molecule has 4 rings (SSSR count). The molecule has 1 aliphatic carbocycles. The third-order valence-corrected chi connectivity index (χ3v) is 6.53. The van der Waals surface area contributed by atoms with Crippen molar-refractivity contribution in [2.75, 3.05) is 7.11 Å². The molecular weight excluding hydrogens is 398 g/mol. The molecule has 0 bridgehead atoms. The highest BCUT2D eigenvalue weighted by Gasteiger charge is 2.42. The molecule has 2 heterocycles. The monoisotopic (exact) mass is 425 g/mol. The molecule has 1 aromatic carbocycles. The summed E-state index contributed by atoms with van der Waals surface area (Å²) >= 11 is 1.51. The zero-order chi connectivity index (χ0) is 21.4. The molecule has 0 spiro atoms. The molecular formula is C23H27N3O3S. The Kier molecular flexibility index (Phi) is 5.73. The number of nitrogens with one attached hydrogen (secondary N) is 1. The normalized spacial score (nSPS) is 20.5. The Labute approximate surface area is 181 Å². The summed E-state index contributed by atoms with van der Waals surface area (Å²) in [5.41, 5.74) is 5.38. The van der Waals surface area contributed by atoms with E-state index in [0.29, 0.717) is 18.0 Å². The third-order valence-electron chi connectivity index (χ3n) is 5.64. The maximum atomic E-state index is 12.9. The topological polar surface area (TPSA) is 71.0 Å². The minimum Gasteiger partial charge on any atom is -0.466 e. The molecule has 0 unspecified atom stereocenters. The van der Waals surface area contributed by atoms with Gasteiger partial charge < -0.3 is 15.0 Å². The molecule has 158 valence electrons. The number of thioether (sulfide) groups is 1. The van der Waals surface area contributed by atoms with Gasteiger partial charge in [0.1, 0.15) is 0 Å². The van der Waals surface area contributed by atoms with Crippen LogP contribution in [-0.4, -0.2) is 35.1 Å². The first-order valence-electron chi connectivity index (χ1n) is 10.3. The lowest BCUT2D eigenvalue weighted by molar-refractivity contribution is -0.136. The van der Waals surface area contributed by atoms with E-state index in [2.05, 4.69) is 23.5 Å². The van der Waals surface area contributed by atoms with Crippen LogP contribution in [0, 0.1) is 13.8 Å². The molecule has 0 saturated heterocycles. The summed E-state index contributed by atoms with van der Waals surface area (Å²) < 4.78 is 5.17. The number of amidine groups is 1.